The Labute approximate surface area is 125 Å². The lowest BCUT2D eigenvalue weighted by molar-refractivity contribution is -0.132. The second-order valence-electron chi connectivity index (χ2n) is 6.19. The van der Waals surface area contributed by atoms with Crippen molar-refractivity contribution in [3.05, 3.63) is 35.4 Å². The standard InChI is InChI=1S/C17H22N2O2/c1-12-10-15(12)17(21)18-8-6-16(20)19-9-7-13-4-2-3-5-14(13)11-19/h2-5,12,15H,6-11H2,1H3,(H,18,21)/t12-,15-/m1/s1. The number of benzene rings is 1. The number of fused-ring (bicyclic) bond motifs is 1. The van der Waals surface area contributed by atoms with Gasteiger partial charge in [0.2, 0.25) is 11.8 Å². The summed E-state index contributed by atoms with van der Waals surface area (Å²) in [5.74, 6) is 0.939. The van der Waals surface area contributed by atoms with Gasteiger partial charge in [-0.2, -0.15) is 0 Å². The fraction of sp³-hybridized carbons (Fsp3) is 0.529. The van der Waals surface area contributed by atoms with E-state index in [0.29, 0.717) is 25.4 Å². The number of amides is 2. The number of nitrogens with one attached hydrogen (secondary N) is 1. The van der Waals surface area contributed by atoms with Crippen LogP contribution in [0.15, 0.2) is 24.3 Å². The Bertz CT molecular complexity index is 555. The maximum atomic E-state index is 12.2. The Morgan fingerprint density at radius 2 is 2.00 bits per heavy atom. The van der Waals surface area contributed by atoms with E-state index in [4.69, 9.17) is 0 Å². The molecule has 1 aromatic rings. The van der Waals surface area contributed by atoms with Gasteiger partial charge in [0.15, 0.2) is 0 Å². The molecule has 1 heterocycles. The molecule has 1 N–H and O–H groups in total. The molecular weight excluding hydrogens is 264 g/mol. The first-order valence-corrected chi connectivity index (χ1v) is 7.77. The minimum absolute atomic E-state index is 0.110. The third-order valence-electron chi connectivity index (χ3n) is 4.57. The number of rotatable bonds is 4. The van der Waals surface area contributed by atoms with Crippen LogP contribution in [0.5, 0.6) is 0 Å². The Morgan fingerprint density at radius 1 is 1.29 bits per heavy atom. The molecular formula is C17H22N2O2. The number of carbonyl (C=O) groups excluding carboxylic acids is 2. The molecule has 4 heteroatoms. The second kappa shape index (κ2) is 5.88. The highest BCUT2D eigenvalue weighted by Gasteiger charge is 2.38. The van der Waals surface area contributed by atoms with Gasteiger partial charge in [-0.1, -0.05) is 31.2 Å². The van der Waals surface area contributed by atoms with Gasteiger partial charge in [0.1, 0.15) is 0 Å². The maximum absolute atomic E-state index is 12.2. The first-order chi connectivity index (χ1) is 10.1. The lowest BCUT2D eigenvalue weighted by Gasteiger charge is -2.29. The van der Waals surface area contributed by atoms with E-state index in [1.54, 1.807) is 0 Å². The van der Waals surface area contributed by atoms with E-state index in [1.165, 1.54) is 11.1 Å². The summed E-state index contributed by atoms with van der Waals surface area (Å²) in [7, 11) is 0. The van der Waals surface area contributed by atoms with Gasteiger partial charge in [-0.25, -0.2) is 0 Å². The van der Waals surface area contributed by atoms with Crippen molar-refractivity contribution in [1.82, 2.24) is 10.2 Å². The van der Waals surface area contributed by atoms with E-state index in [9.17, 15) is 9.59 Å². The van der Waals surface area contributed by atoms with Crippen LogP contribution >= 0.6 is 0 Å². The van der Waals surface area contributed by atoms with Crippen LogP contribution in [0.25, 0.3) is 0 Å². The lowest BCUT2D eigenvalue weighted by Crippen LogP contribution is -2.38. The molecule has 112 valence electrons. The molecule has 1 saturated carbocycles. The van der Waals surface area contributed by atoms with Crippen LogP contribution in [-0.4, -0.2) is 29.8 Å². The quantitative estimate of drug-likeness (QED) is 0.916. The smallest absolute Gasteiger partial charge is 0.224 e. The molecule has 21 heavy (non-hydrogen) atoms. The first kappa shape index (κ1) is 14.1. The summed E-state index contributed by atoms with van der Waals surface area (Å²) in [5, 5.41) is 2.88. The molecule has 3 rings (SSSR count). The summed E-state index contributed by atoms with van der Waals surface area (Å²) in [6, 6.07) is 8.29. The number of hydrogen-bond acceptors (Lipinski definition) is 2. The third-order valence-corrected chi connectivity index (χ3v) is 4.57. The highest BCUT2D eigenvalue weighted by molar-refractivity contribution is 5.82. The molecule has 1 fully saturated rings. The molecule has 0 saturated heterocycles. The van der Waals surface area contributed by atoms with Crippen molar-refractivity contribution in [3.8, 4) is 0 Å². The molecule has 1 aromatic carbocycles. The van der Waals surface area contributed by atoms with Gasteiger partial charge in [-0.3, -0.25) is 9.59 Å². The largest absolute Gasteiger partial charge is 0.355 e. The second-order valence-corrected chi connectivity index (χ2v) is 6.19. The zero-order chi connectivity index (χ0) is 14.8. The molecule has 0 radical (unpaired) electrons. The Balaban J connectivity index is 1.45. The van der Waals surface area contributed by atoms with Crippen LogP contribution in [0.2, 0.25) is 0 Å². The highest BCUT2D eigenvalue weighted by Crippen LogP contribution is 2.37. The molecule has 0 spiro atoms. The summed E-state index contributed by atoms with van der Waals surface area (Å²) >= 11 is 0. The molecule has 2 amide bonds. The van der Waals surface area contributed by atoms with E-state index in [1.807, 2.05) is 17.0 Å². The minimum Gasteiger partial charge on any atom is -0.355 e. The Hall–Kier alpha value is -1.84. The van der Waals surface area contributed by atoms with Crippen molar-refractivity contribution in [1.29, 1.82) is 0 Å². The van der Waals surface area contributed by atoms with E-state index < -0.39 is 0 Å². The lowest BCUT2D eigenvalue weighted by atomic mass is 10.00. The average Bonchev–Trinajstić information content (AvgIpc) is 3.23. The molecule has 1 aliphatic carbocycles. The van der Waals surface area contributed by atoms with E-state index in [2.05, 4.69) is 24.4 Å². The van der Waals surface area contributed by atoms with Gasteiger partial charge < -0.3 is 10.2 Å². The fourth-order valence-corrected chi connectivity index (χ4v) is 2.98. The average molecular weight is 286 g/mol. The van der Waals surface area contributed by atoms with E-state index >= 15 is 0 Å². The first-order valence-electron chi connectivity index (χ1n) is 7.77. The number of carbonyl (C=O) groups is 2. The van der Waals surface area contributed by atoms with Crippen molar-refractivity contribution in [2.45, 2.75) is 32.7 Å². The van der Waals surface area contributed by atoms with Crippen LogP contribution in [0, 0.1) is 11.8 Å². The number of hydrogen-bond donors (Lipinski definition) is 1. The van der Waals surface area contributed by atoms with Gasteiger partial charge in [0, 0.05) is 32.0 Å². The van der Waals surface area contributed by atoms with E-state index in [-0.39, 0.29) is 17.7 Å². The Morgan fingerprint density at radius 3 is 2.71 bits per heavy atom. The van der Waals surface area contributed by atoms with Crippen LogP contribution in [0.1, 0.15) is 30.9 Å². The van der Waals surface area contributed by atoms with Gasteiger partial charge in [-0.05, 0) is 29.9 Å². The molecule has 0 aromatic heterocycles. The SMILES string of the molecule is C[C@@H]1C[C@H]1C(=O)NCCC(=O)N1CCc2ccccc2C1. The highest BCUT2D eigenvalue weighted by atomic mass is 16.2. The van der Waals surface area contributed by atoms with Crippen LogP contribution in [0.4, 0.5) is 0 Å². The van der Waals surface area contributed by atoms with Gasteiger partial charge in [-0.15, -0.1) is 0 Å². The van der Waals surface area contributed by atoms with Gasteiger partial charge in [0.25, 0.3) is 0 Å². The molecule has 2 atom stereocenters. The molecule has 0 unspecified atom stereocenters. The zero-order valence-corrected chi connectivity index (χ0v) is 12.5. The van der Waals surface area contributed by atoms with E-state index in [0.717, 1.165) is 19.4 Å². The van der Waals surface area contributed by atoms with Gasteiger partial charge >= 0.3 is 0 Å². The summed E-state index contributed by atoms with van der Waals surface area (Å²) < 4.78 is 0. The van der Waals surface area contributed by atoms with Crippen LogP contribution in [-0.2, 0) is 22.6 Å². The summed E-state index contributed by atoms with van der Waals surface area (Å²) in [6.45, 7) is 4.02. The van der Waals surface area contributed by atoms with Crippen molar-refractivity contribution in [3.63, 3.8) is 0 Å². The van der Waals surface area contributed by atoms with Crippen molar-refractivity contribution < 1.29 is 9.59 Å². The maximum Gasteiger partial charge on any atom is 0.224 e. The molecule has 4 nitrogen and oxygen atoms in total. The topological polar surface area (TPSA) is 49.4 Å². The third kappa shape index (κ3) is 3.26. The van der Waals surface area contributed by atoms with Crippen LogP contribution < -0.4 is 5.32 Å². The number of nitrogens with zero attached hydrogens (tertiary/aromatic N) is 1. The molecule has 2 aliphatic rings. The minimum atomic E-state index is 0.110. The van der Waals surface area contributed by atoms with Crippen LogP contribution in [0.3, 0.4) is 0 Å². The Kier molecular flexibility index (Phi) is 3.95. The molecule has 0 bridgehead atoms. The van der Waals surface area contributed by atoms with Crippen molar-refractivity contribution in [2.24, 2.45) is 11.8 Å². The normalized spacial score (nSPS) is 23.4. The van der Waals surface area contributed by atoms with Gasteiger partial charge in [0.05, 0.1) is 0 Å². The summed E-state index contributed by atoms with van der Waals surface area (Å²) in [5.41, 5.74) is 2.59. The summed E-state index contributed by atoms with van der Waals surface area (Å²) in [4.78, 5) is 25.8. The predicted octanol–water partition coefficient (Wildman–Crippen LogP) is 1.73. The predicted molar refractivity (Wildman–Crippen MR) is 80.5 cm³/mol. The summed E-state index contributed by atoms with van der Waals surface area (Å²) in [6.07, 6.45) is 2.31. The fourth-order valence-electron chi connectivity index (χ4n) is 2.98. The van der Waals surface area contributed by atoms with Crippen molar-refractivity contribution in [2.75, 3.05) is 13.1 Å². The van der Waals surface area contributed by atoms with Crippen molar-refractivity contribution >= 4 is 11.8 Å². The zero-order valence-electron chi connectivity index (χ0n) is 12.5. The monoisotopic (exact) mass is 286 g/mol. The molecule has 1 aliphatic heterocycles.